The van der Waals surface area contributed by atoms with Crippen LogP contribution in [0.25, 0.3) is 0 Å². The van der Waals surface area contributed by atoms with Gasteiger partial charge in [-0.15, -0.1) is 0 Å². The molecule has 36 heavy (non-hydrogen) atoms. The van der Waals surface area contributed by atoms with Crippen LogP contribution >= 0.6 is 0 Å². The molecule has 3 aromatic rings. The number of rotatable bonds is 9. The van der Waals surface area contributed by atoms with Crippen LogP contribution < -0.4 is 14.4 Å². The molecule has 0 saturated heterocycles. The van der Waals surface area contributed by atoms with Crippen LogP contribution in [0.1, 0.15) is 60.5 Å². The Morgan fingerprint density at radius 3 is 2.19 bits per heavy atom. The molecule has 1 unspecified atom stereocenters. The van der Waals surface area contributed by atoms with Crippen molar-refractivity contribution in [2.24, 2.45) is 0 Å². The number of nitrogens with zero attached hydrogens (tertiary/aromatic N) is 1. The van der Waals surface area contributed by atoms with Gasteiger partial charge in [0.25, 0.3) is 10.0 Å². The van der Waals surface area contributed by atoms with E-state index in [4.69, 9.17) is 4.74 Å². The summed E-state index contributed by atoms with van der Waals surface area (Å²) in [4.78, 5) is 13.4. The van der Waals surface area contributed by atoms with Gasteiger partial charge in [-0.2, -0.15) is 0 Å². The van der Waals surface area contributed by atoms with Crippen LogP contribution in [0.5, 0.6) is 5.75 Å². The summed E-state index contributed by atoms with van der Waals surface area (Å²) < 4.78 is 34.1. The molecule has 0 spiro atoms. The molecular formula is C29H36N2O4S. The first-order valence-corrected chi connectivity index (χ1v) is 13.5. The normalized spacial score (nSPS) is 12.3. The van der Waals surface area contributed by atoms with Crippen LogP contribution in [-0.2, 0) is 14.8 Å². The molecule has 0 aliphatic heterocycles. The predicted molar refractivity (Wildman–Crippen MR) is 145 cm³/mol. The zero-order valence-corrected chi connectivity index (χ0v) is 22.9. The average Bonchev–Trinajstić information content (AvgIpc) is 2.84. The maximum absolute atomic E-state index is 13.7. The van der Waals surface area contributed by atoms with E-state index in [1.165, 1.54) is 4.31 Å². The summed E-state index contributed by atoms with van der Waals surface area (Å²) >= 11 is 0. The van der Waals surface area contributed by atoms with Gasteiger partial charge in [0, 0.05) is 0 Å². The molecule has 192 valence electrons. The van der Waals surface area contributed by atoms with Crippen molar-refractivity contribution < 1.29 is 17.9 Å². The first-order valence-electron chi connectivity index (χ1n) is 12.1. The smallest absolute Gasteiger partial charge is 0.264 e. The first-order chi connectivity index (χ1) is 16.9. The Morgan fingerprint density at radius 2 is 1.58 bits per heavy atom. The van der Waals surface area contributed by atoms with Crippen molar-refractivity contribution in [3.63, 3.8) is 0 Å². The van der Waals surface area contributed by atoms with E-state index in [0.29, 0.717) is 5.69 Å². The lowest BCUT2D eigenvalue weighted by Crippen LogP contribution is -2.42. The number of aryl methyl sites for hydroxylation is 3. The molecule has 0 aliphatic carbocycles. The standard InChI is InChI=1S/C29H36N2O4S/c1-19(2)25-17-26(22(5)16-28(25)35-7)23(6)30-29(32)18-31(27-15-20(3)13-14-21(27)4)36(33,34)24-11-9-8-10-12-24/h8-17,19,23H,18H2,1-7H3,(H,30,32). The highest BCUT2D eigenvalue weighted by Crippen LogP contribution is 2.32. The van der Waals surface area contributed by atoms with E-state index in [9.17, 15) is 13.2 Å². The average molecular weight is 509 g/mol. The molecule has 0 aromatic heterocycles. The van der Waals surface area contributed by atoms with Crippen molar-refractivity contribution in [1.29, 1.82) is 0 Å². The number of methoxy groups -OCH3 is 1. The molecule has 0 heterocycles. The van der Waals surface area contributed by atoms with Gasteiger partial charge in [0.05, 0.1) is 23.7 Å². The fraction of sp³-hybridized carbons (Fsp3) is 0.345. The Balaban J connectivity index is 1.95. The van der Waals surface area contributed by atoms with Crippen LogP contribution in [0, 0.1) is 20.8 Å². The summed E-state index contributed by atoms with van der Waals surface area (Å²) in [6.45, 7) is 11.5. The Bertz CT molecular complexity index is 1330. The molecule has 0 fully saturated rings. The number of carbonyl (C=O) groups is 1. The van der Waals surface area contributed by atoms with Gasteiger partial charge in [-0.05, 0) is 91.8 Å². The third kappa shape index (κ3) is 5.90. The van der Waals surface area contributed by atoms with E-state index in [1.54, 1.807) is 43.5 Å². The zero-order valence-electron chi connectivity index (χ0n) is 22.1. The lowest BCUT2D eigenvalue weighted by Gasteiger charge is -2.27. The fourth-order valence-electron chi connectivity index (χ4n) is 4.31. The molecule has 0 bridgehead atoms. The van der Waals surface area contributed by atoms with Gasteiger partial charge in [-0.1, -0.05) is 44.2 Å². The van der Waals surface area contributed by atoms with Crippen LogP contribution in [0.2, 0.25) is 0 Å². The molecule has 1 atom stereocenters. The molecule has 3 rings (SSSR count). The van der Waals surface area contributed by atoms with Crippen LogP contribution in [0.4, 0.5) is 5.69 Å². The predicted octanol–water partition coefficient (Wildman–Crippen LogP) is 5.82. The van der Waals surface area contributed by atoms with Crippen molar-refractivity contribution in [2.45, 2.75) is 58.4 Å². The van der Waals surface area contributed by atoms with Crippen LogP contribution in [0.3, 0.4) is 0 Å². The second-order valence-corrected chi connectivity index (χ2v) is 11.4. The van der Waals surface area contributed by atoms with Gasteiger partial charge in [0.15, 0.2) is 0 Å². The third-order valence-corrected chi connectivity index (χ3v) is 8.11. The second kappa shape index (κ2) is 11.2. The molecule has 0 saturated carbocycles. The SMILES string of the molecule is COc1cc(C)c(C(C)NC(=O)CN(c2cc(C)ccc2C)S(=O)(=O)c2ccccc2)cc1C(C)C. The van der Waals surface area contributed by atoms with Crippen molar-refractivity contribution in [1.82, 2.24) is 5.32 Å². The minimum Gasteiger partial charge on any atom is -0.496 e. The van der Waals surface area contributed by atoms with Crippen molar-refractivity contribution in [3.05, 3.63) is 88.5 Å². The van der Waals surface area contributed by atoms with Gasteiger partial charge in [-0.25, -0.2) is 8.42 Å². The quantitative estimate of drug-likeness (QED) is 0.395. The summed E-state index contributed by atoms with van der Waals surface area (Å²) in [7, 11) is -2.31. The lowest BCUT2D eigenvalue weighted by molar-refractivity contribution is -0.120. The molecular weight excluding hydrogens is 472 g/mol. The van der Waals surface area contributed by atoms with Crippen molar-refractivity contribution in [2.75, 3.05) is 18.0 Å². The van der Waals surface area contributed by atoms with Crippen LogP contribution in [0.15, 0.2) is 65.6 Å². The number of nitrogens with one attached hydrogen (secondary N) is 1. The van der Waals surface area contributed by atoms with E-state index in [0.717, 1.165) is 33.6 Å². The van der Waals surface area contributed by atoms with E-state index in [-0.39, 0.29) is 29.3 Å². The minimum atomic E-state index is -3.97. The summed E-state index contributed by atoms with van der Waals surface area (Å²) in [5, 5.41) is 3.01. The molecule has 3 aromatic carbocycles. The molecule has 1 amide bonds. The number of hydrogen-bond acceptors (Lipinski definition) is 4. The van der Waals surface area contributed by atoms with E-state index in [2.05, 4.69) is 25.2 Å². The summed E-state index contributed by atoms with van der Waals surface area (Å²) in [6, 6.07) is 17.5. The maximum atomic E-state index is 13.7. The zero-order chi connectivity index (χ0) is 26.6. The van der Waals surface area contributed by atoms with Gasteiger partial charge in [-0.3, -0.25) is 9.10 Å². The second-order valence-electron chi connectivity index (χ2n) is 9.51. The highest BCUT2D eigenvalue weighted by Gasteiger charge is 2.29. The molecule has 1 N–H and O–H groups in total. The van der Waals surface area contributed by atoms with Gasteiger partial charge in [0.2, 0.25) is 5.91 Å². The lowest BCUT2D eigenvalue weighted by atomic mass is 9.93. The largest absolute Gasteiger partial charge is 0.496 e. The summed E-state index contributed by atoms with van der Waals surface area (Å²) in [5.74, 6) is 0.682. The van der Waals surface area contributed by atoms with E-state index < -0.39 is 10.0 Å². The third-order valence-electron chi connectivity index (χ3n) is 6.34. The summed E-state index contributed by atoms with van der Waals surface area (Å²) in [5.41, 5.74) is 5.19. The van der Waals surface area contributed by atoms with E-state index in [1.807, 2.05) is 45.9 Å². The summed E-state index contributed by atoms with van der Waals surface area (Å²) in [6.07, 6.45) is 0. The van der Waals surface area contributed by atoms with Crippen LogP contribution in [-0.4, -0.2) is 28.0 Å². The first kappa shape index (κ1) is 27.3. The van der Waals surface area contributed by atoms with Gasteiger partial charge in [0.1, 0.15) is 12.3 Å². The fourth-order valence-corrected chi connectivity index (χ4v) is 5.81. The molecule has 0 aliphatic rings. The maximum Gasteiger partial charge on any atom is 0.264 e. The van der Waals surface area contributed by atoms with Crippen molar-refractivity contribution in [3.8, 4) is 5.75 Å². The Morgan fingerprint density at radius 1 is 0.917 bits per heavy atom. The molecule has 7 heteroatoms. The number of hydrogen-bond donors (Lipinski definition) is 1. The number of carbonyl (C=O) groups excluding carboxylic acids is 1. The van der Waals surface area contributed by atoms with Gasteiger partial charge < -0.3 is 10.1 Å². The number of sulfonamides is 1. The Labute approximate surface area is 215 Å². The van der Waals surface area contributed by atoms with E-state index >= 15 is 0 Å². The Hall–Kier alpha value is -3.32. The van der Waals surface area contributed by atoms with Gasteiger partial charge >= 0.3 is 0 Å². The number of anilines is 1. The number of ether oxygens (including phenoxy) is 1. The number of benzene rings is 3. The minimum absolute atomic E-state index is 0.138. The molecule has 6 nitrogen and oxygen atoms in total. The highest BCUT2D eigenvalue weighted by atomic mass is 32.2. The van der Waals surface area contributed by atoms with Crippen molar-refractivity contribution >= 4 is 21.6 Å². The molecule has 0 radical (unpaired) electrons. The topological polar surface area (TPSA) is 75.7 Å². The number of amides is 1. The Kier molecular flexibility index (Phi) is 8.46. The monoisotopic (exact) mass is 508 g/mol. The highest BCUT2D eigenvalue weighted by molar-refractivity contribution is 7.92.